The predicted octanol–water partition coefficient (Wildman–Crippen LogP) is 1.98. The van der Waals surface area contributed by atoms with Crippen LogP contribution in [-0.2, 0) is 11.2 Å². The third-order valence-electron chi connectivity index (χ3n) is 6.12. The number of piperidine rings is 1. The van der Waals surface area contributed by atoms with Crippen LogP contribution in [0.4, 0.5) is 5.95 Å². The monoisotopic (exact) mass is 344 g/mol. The fraction of sp³-hybridized carbons (Fsp3) is 0.737. The number of nitrogens with one attached hydrogen (secondary N) is 1. The molecule has 1 atom stereocenters. The molecule has 2 aliphatic carbocycles. The Morgan fingerprint density at radius 1 is 1.20 bits per heavy atom. The highest BCUT2D eigenvalue weighted by molar-refractivity contribution is 5.79. The molecule has 1 saturated heterocycles. The highest BCUT2D eigenvalue weighted by Gasteiger charge is 2.30. The number of carbonyl (C=O) groups is 1. The second-order valence-corrected chi connectivity index (χ2v) is 7.77. The average molecular weight is 344 g/mol. The molecule has 2 N–H and O–H groups in total. The van der Waals surface area contributed by atoms with E-state index in [1.807, 2.05) is 6.20 Å². The number of fused-ring (bicyclic) bond motifs is 1. The number of aryl methyl sites for hydroxylation is 1. The number of carbonyl (C=O) groups excluding carboxylic acids is 1. The van der Waals surface area contributed by atoms with Crippen LogP contribution in [-0.4, -0.2) is 40.7 Å². The molecule has 136 valence electrons. The van der Waals surface area contributed by atoms with Crippen molar-refractivity contribution in [1.29, 1.82) is 0 Å². The molecule has 0 bridgehead atoms. The van der Waals surface area contributed by atoms with E-state index in [2.05, 4.69) is 15.2 Å². The van der Waals surface area contributed by atoms with Gasteiger partial charge >= 0.3 is 0 Å². The zero-order chi connectivity index (χ0) is 17.2. The fourth-order valence-electron chi connectivity index (χ4n) is 4.11. The minimum absolute atomic E-state index is 0.0750. The summed E-state index contributed by atoms with van der Waals surface area (Å²) in [7, 11) is 0. The van der Waals surface area contributed by atoms with Crippen LogP contribution in [0.1, 0.15) is 62.2 Å². The summed E-state index contributed by atoms with van der Waals surface area (Å²) in [6.45, 7) is 2.10. The Labute approximate surface area is 149 Å². The zero-order valence-corrected chi connectivity index (χ0v) is 14.8. The molecule has 1 aromatic heterocycles. The number of nitrogens with zero attached hydrogens (tertiary/aromatic N) is 3. The first-order valence-corrected chi connectivity index (χ1v) is 9.76. The predicted molar refractivity (Wildman–Crippen MR) is 95.2 cm³/mol. The van der Waals surface area contributed by atoms with Crippen molar-refractivity contribution in [2.75, 3.05) is 24.6 Å². The maximum Gasteiger partial charge on any atom is 0.225 e. The molecule has 1 aromatic rings. The van der Waals surface area contributed by atoms with Crippen LogP contribution < -0.4 is 10.2 Å². The van der Waals surface area contributed by atoms with Crippen molar-refractivity contribution in [3.8, 4) is 0 Å². The lowest BCUT2D eigenvalue weighted by atomic mass is 9.84. The van der Waals surface area contributed by atoms with E-state index in [0.29, 0.717) is 5.92 Å². The summed E-state index contributed by atoms with van der Waals surface area (Å²) in [5.41, 5.74) is 2.20. The van der Waals surface area contributed by atoms with Gasteiger partial charge in [-0.3, -0.25) is 4.79 Å². The number of aromatic nitrogens is 2. The number of amides is 1. The molecule has 0 unspecified atom stereocenters. The van der Waals surface area contributed by atoms with E-state index in [4.69, 9.17) is 4.98 Å². The molecular formula is C19H28N4O2. The van der Waals surface area contributed by atoms with E-state index >= 15 is 0 Å². The van der Waals surface area contributed by atoms with Crippen molar-refractivity contribution in [2.45, 2.75) is 57.4 Å². The first-order valence-electron chi connectivity index (χ1n) is 9.76. The van der Waals surface area contributed by atoms with Crippen LogP contribution in [0.2, 0.25) is 0 Å². The topological polar surface area (TPSA) is 78.4 Å². The molecule has 1 aliphatic heterocycles. The van der Waals surface area contributed by atoms with Crippen molar-refractivity contribution in [3.05, 3.63) is 17.5 Å². The van der Waals surface area contributed by atoms with Crippen molar-refractivity contribution in [2.24, 2.45) is 11.8 Å². The van der Waals surface area contributed by atoms with Crippen molar-refractivity contribution in [3.63, 3.8) is 0 Å². The second-order valence-electron chi connectivity index (χ2n) is 7.77. The second kappa shape index (κ2) is 7.28. The molecule has 3 aliphatic rings. The lowest BCUT2D eigenvalue weighted by Gasteiger charge is -2.33. The quantitative estimate of drug-likeness (QED) is 0.873. The Kier molecular flexibility index (Phi) is 4.88. The summed E-state index contributed by atoms with van der Waals surface area (Å²) in [5, 5.41) is 12.5. The molecule has 4 rings (SSSR count). The highest BCUT2D eigenvalue weighted by Crippen LogP contribution is 2.32. The van der Waals surface area contributed by atoms with Crippen LogP contribution >= 0.6 is 0 Å². The largest absolute Gasteiger partial charge is 0.396 e. The van der Waals surface area contributed by atoms with E-state index in [9.17, 15) is 9.90 Å². The minimum atomic E-state index is 0.0750. The molecule has 6 heteroatoms. The fourth-order valence-corrected chi connectivity index (χ4v) is 4.11. The van der Waals surface area contributed by atoms with Gasteiger partial charge in [0, 0.05) is 37.4 Å². The molecule has 1 amide bonds. The Balaban J connectivity index is 1.45. The Bertz CT molecular complexity index is 624. The number of hydrogen-bond acceptors (Lipinski definition) is 5. The summed E-state index contributed by atoms with van der Waals surface area (Å²) in [6, 6.07) is 0.0750. The zero-order valence-electron chi connectivity index (χ0n) is 14.8. The van der Waals surface area contributed by atoms with Gasteiger partial charge in [0.1, 0.15) is 0 Å². The smallest absolute Gasteiger partial charge is 0.225 e. The first kappa shape index (κ1) is 16.8. The highest BCUT2D eigenvalue weighted by atomic mass is 16.3. The van der Waals surface area contributed by atoms with Crippen LogP contribution in [0.5, 0.6) is 0 Å². The van der Waals surface area contributed by atoms with E-state index < -0.39 is 0 Å². The van der Waals surface area contributed by atoms with Gasteiger partial charge in [-0.15, -0.1) is 0 Å². The van der Waals surface area contributed by atoms with Crippen LogP contribution in [0.3, 0.4) is 0 Å². The summed E-state index contributed by atoms with van der Waals surface area (Å²) < 4.78 is 0. The maximum atomic E-state index is 12.3. The van der Waals surface area contributed by atoms with Gasteiger partial charge in [-0.2, -0.15) is 0 Å². The van der Waals surface area contributed by atoms with Gasteiger partial charge in [-0.1, -0.05) is 6.42 Å². The van der Waals surface area contributed by atoms with E-state index in [1.54, 1.807) is 0 Å². The molecule has 2 heterocycles. The van der Waals surface area contributed by atoms with E-state index in [-0.39, 0.29) is 24.5 Å². The Morgan fingerprint density at radius 2 is 2.00 bits per heavy atom. The maximum absolute atomic E-state index is 12.3. The SMILES string of the molecule is O=C(N[C@H]1CCCc2nc(N3CCC(CO)CC3)ncc21)C1CCC1. The molecular weight excluding hydrogens is 316 g/mol. The molecule has 0 radical (unpaired) electrons. The third-order valence-corrected chi connectivity index (χ3v) is 6.12. The summed E-state index contributed by atoms with van der Waals surface area (Å²) >= 11 is 0. The van der Waals surface area contributed by atoms with Crippen LogP contribution in [0.25, 0.3) is 0 Å². The van der Waals surface area contributed by atoms with E-state index in [0.717, 1.165) is 75.2 Å². The normalized spacial score (nSPS) is 24.5. The van der Waals surface area contributed by atoms with Gasteiger partial charge < -0.3 is 15.3 Å². The molecule has 0 aromatic carbocycles. The van der Waals surface area contributed by atoms with E-state index in [1.165, 1.54) is 6.42 Å². The molecule has 1 saturated carbocycles. The molecule has 2 fully saturated rings. The molecule has 0 spiro atoms. The Hall–Kier alpha value is -1.69. The van der Waals surface area contributed by atoms with Gasteiger partial charge in [0.15, 0.2) is 0 Å². The number of hydrogen-bond donors (Lipinski definition) is 2. The summed E-state index contributed by atoms with van der Waals surface area (Å²) in [6.07, 6.45) is 10.2. The van der Waals surface area contributed by atoms with Gasteiger partial charge in [-0.25, -0.2) is 9.97 Å². The summed E-state index contributed by atoms with van der Waals surface area (Å²) in [5.74, 6) is 1.65. The number of rotatable bonds is 4. The standard InChI is InChI=1S/C19H28N4O2/c24-12-13-7-9-23(10-8-13)19-20-11-15-16(5-2-6-17(15)22-19)21-18(25)14-3-1-4-14/h11,13-14,16,24H,1-10,12H2,(H,21,25)/t16-/m0/s1. The van der Waals surface area contributed by atoms with Crippen molar-refractivity contribution in [1.82, 2.24) is 15.3 Å². The first-order chi connectivity index (χ1) is 12.2. The van der Waals surface area contributed by atoms with Gasteiger partial charge in [0.05, 0.1) is 11.7 Å². The van der Waals surface area contributed by atoms with Crippen molar-refractivity contribution < 1.29 is 9.90 Å². The lowest BCUT2D eigenvalue weighted by molar-refractivity contribution is -0.128. The molecule has 25 heavy (non-hydrogen) atoms. The van der Waals surface area contributed by atoms with Gasteiger partial charge in [0.25, 0.3) is 0 Å². The number of aliphatic hydroxyl groups excluding tert-OH is 1. The van der Waals surface area contributed by atoms with Crippen molar-refractivity contribution >= 4 is 11.9 Å². The number of aliphatic hydroxyl groups is 1. The lowest BCUT2D eigenvalue weighted by Crippen LogP contribution is -2.39. The minimum Gasteiger partial charge on any atom is -0.396 e. The number of anilines is 1. The third kappa shape index (κ3) is 3.50. The summed E-state index contributed by atoms with van der Waals surface area (Å²) in [4.78, 5) is 24.0. The van der Waals surface area contributed by atoms with Gasteiger partial charge in [0.2, 0.25) is 11.9 Å². The average Bonchev–Trinajstić information content (AvgIpc) is 2.60. The molecule has 6 nitrogen and oxygen atoms in total. The van der Waals surface area contributed by atoms with Crippen LogP contribution in [0.15, 0.2) is 6.20 Å². The van der Waals surface area contributed by atoms with Gasteiger partial charge in [-0.05, 0) is 50.9 Å². The van der Waals surface area contributed by atoms with Crippen LogP contribution in [0, 0.1) is 11.8 Å². The Morgan fingerprint density at radius 3 is 2.68 bits per heavy atom.